The predicted octanol–water partition coefficient (Wildman–Crippen LogP) is 3.27. The summed E-state index contributed by atoms with van der Waals surface area (Å²) < 4.78 is 21.2. The van der Waals surface area contributed by atoms with Crippen molar-refractivity contribution in [3.63, 3.8) is 0 Å². The third-order valence-electron chi connectivity index (χ3n) is 4.49. The van der Waals surface area contributed by atoms with E-state index in [4.69, 9.17) is 18.9 Å². The van der Waals surface area contributed by atoms with Crippen molar-refractivity contribution in [3.8, 4) is 0 Å². The van der Waals surface area contributed by atoms with Crippen molar-refractivity contribution in [1.82, 2.24) is 10.6 Å². The molecule has 0 aromatic rings. The third kappa shape index (κ3) is 20.4. The van der Waals surface area contributed by atoms with Crippen LogP contribution in [0.3, 0.4) is 0 Å². The summed E-state index contributed by atoms with van der Waals surface area (Å²) in [6, 6.07) is -2.45. The molecule has 0 saturated heterocycles. The molecule has 41 heavy (non-hydrogen) atoms. The topological polar surface area (TPSA) is 163 Å². The molecule has 0 aliphatic carbocycles. The Morgan fingerprint density at radius 3 is 1.00 bits per heavy atom. The van der Waals surface area contributed by atoms with Crippen LogP contribution in [0.25, 0.3) is 0 Å². The van der Waals surface area contributed by atoms with Crippen molar-refractivity contribution < 1.29 is 47.7 Å². The van der Waals surface area contributed by atoms with Gasteiger partial charge in [0.1, 0.15) is 40.9 Å². The molecule has 0 aromatic heterocycles. The summed E-state index contributed by atoms with van der Waals surface area (Å²) in [6.45, 7) is 20.1. The van der Waals surface area contributed by atoms with Crippen molar-refractivity contribution in [2.75, 3.05) is 0 Å². The maximum atomic E-state index is 12.7. The molecule has 0 saturated carbocycles. The summed E-state index contributed by atoms with van der Waals surface area (Å²) >= 11 is 0. The van der Waals surface area contributed by atoms with Gasteiger partial charge in [-0.1, -0.05) is 0 Å². The van der Waals surface area contributed by atoms with Crippen LogP contribution in [-0.2, 0) is 47.7 Å². The van der Waals surface area contributed by atoms with Crippen molar-refractivity contribution in [2.45, 2.75) is 150 Å². The van der Waals surface area contributed by atoms with Gasteiger partial charge in [-0.3, -0.25) is 19.2 Å². The fourth-order valence-corrected chi connectivity index (χ4v) is 3.19. The highest BCUT2D eigenvalue weighted by Crippen LogP contribution is 2.15. The van der Waals surface area contributed by atoms with E-state index in [1.807, 2.05) is 0 Å². The molecule has 2 atom stereocenters. The maximum absolute atomic E-state index is 12.7. The lowest BCUT2D eigenvalue weighted by molar-refractivity contribution is -0.161. The zero-order chi connectivity index (χ0) is 32.4. The second-order valence-electron chi connectivity index (χ2n) is 13.7. The first-order chi connectivity index (χ1) is 18.3. The Bertz CT molecular complexity index is 871. The van der Waals surface area contributed by atoms with Gasteiger partial charge in [-0.15, -0.1) is 0 Å². The number of nitrogens with one attached hydrogen (secondary N) is 2. The number of hydrogen-bond acceptors (Lipinski definition) is 10. The molecule has 0 aromatic carbocycles. The highest BCUT2D eigenvalue weighted by Gasteiger charge is 2.31. The molecule has 236 valence electrons. The van der Waals surface area contributed by atoms with Gasteiger partial charge in [-0.25, -0.2) is 9.59 Å². The quantitative estimate of drug-likeness (QED) is 0.197. The summed E-state index contributed by atoms with van der Waals surface area (Å²) in [6.07, 6.45) is -1.34. The molecule has 0 heterocycles. The second kappa shape index (κ2) is 15.2. The van der Waals surface area contributed by atoms with Crippen LogP contribution in [0.15, 0.2) is 0 Å². The van der Waals surface area contributed by atoms with Crippen molar-refractivity contribution in [1.29, 1.82) is 0 Å². The summed E-state index contributed by atoms with van der Waals surface area (Å²) in [4.78, 5) is 75.3. The van der Waals surface area contributed by atoms with Crippen LogP contribution in [0.1, 0.15) is 115 Å². The predicted molar refractivity (Wildman–Crippen MR) is 150 cm³/mol. The Hall–Kier alpha value is -3.18. The van der Waals surface area contributed by atoms with Crippen LogP contribution in [0.5, 0.6) is 0 Å². The molecule has 0 aliphatic rings. The van der Waals surface area contributed by atoms with Crippen molar-refractivity contribution in [3.05, 3.63) is 0 Å². The highest BCUT2D eigenvalue weighted by atomic mass is 16.6. The van der Waals surface area contributed by atoms with Crippen LogP contribution in [0.4, 0.5) is 0 Å². The van der Waals surface area contributed by atoms with E-state index >= 15 is 0 Å². The zero-order valence-corrected chi connectivity index (χ0v) is 26.8. The second-order valence-corrected chi connectivity index (χ2v) is 13.7. The van der Waals surface area contributed by atoms with Gasteiger partial charge in [0.2, 0.25) is 11.8 Å². The van der Waals surface area contributed by atoms with E-state index in [1.165, 1.54) is 0 Å². The van der Waals surface area contributed by atoms with Crippen LogP contribution in [0.2, 0.25) is 0 Å². The lowest BCUT2D eigenvalue weighted by Gasteiger charge is -2.26. The zero-order valence-electron chi connectivity index (χ0n) is 26.8. The molecule has 12 heteroatoms. The molecule has 0 spiro atoms. The molecule has 0 rings (SSSR count). The number of hydrogen-bond donors (Lipinski definition) is 2. The summed E-state index contributed by atoms with van der Waals surface area (Å²) in [5.74, 6) is -4.36. The van der Waals surface area contributed by atoms with E-state index in [-0.39, 0.29) is 25.7 Å². The van der Waals surface area contributed by atoms with Crippen molar-refractivity contribution in [2.24, 2.45) is 0 Å². The molecular weight excluding hydrogens is 536 g/mol. The van der Waals surface area contributed by atoms with E-state index < -0.39 is 76.6 Å². The molecular formula is C29H50N2O10. The van der Waals surface area contributed by atoms with E-state index in [9.17, 15) is 28.8 Å². The molecule has 0 unspecified atom stereocenters. The first-order valence-corrected chi connectivity index (χ1v) is 13.7. The van der Waals surface area contributed by atoms with E-state index in [1.54, 1.807) is 83.1 Å². The average molecular weight is 587 g/mol. The van der Waals surface area contributed by atoms with E-state index in [2.05, 4.69) is 10.6 Å². The molecule has 0 radical (unpaired) electrons. The number of ether oxygens (including phenoxy) is 4. The monoisotopic (exact) mass is 586 g/mol. The standard InChI is InChI=1S/C29H50N2O10/c1-26(2,3)38-22(34)15-13-18(24(36)40-28(7,8)9)30-20(32)17-21(33)31-19(25(37)41-29(10,11)12)14-16-23(35)39-27(4,5)6/h18-19H,13-17H2,1-12H3,(H,30,32)(H,31,33)/t18-,19-/m0/s1. The smallest absolute Gasteiger partial charge is 0.329 e. The van der Waals surface area contributed by atoms with Gasteiger partial charge in [-0.2, -0.15) is 0 Å². The number of carbonyl (C=O) groups is 6. The Kier molecular flexibility index (Phi) is 14.0. The third-order valence-corrected chi connectivity index (χ3v) is 4.49. The number of esters is 4. The number of rotatable bonds is 12. The Morgan fingerprint density at radius 1 is 0.488 bits per heavy atom. The minimum atomic E-state index is -1.23. The lowest BCUT2D eigenvalue weighted by Crippen LogP contribution is -2.48. The largest absolute Gasteiger partial charge is 0.460 e. The fraction of sp³-hybridized carbons (Fsp3) is 0.793. The van der Waals surface area contributed by atoms with Gasteiger partial charge in [-0.05, 0) is 95.9 Å². The SMILES string of the molecule is CC(C)(C)OC(=O)CC[C@H](NC(=O)CC(=O)N[C@@H](CCC(=O)OC(C)(C)C)C(=O)OC(C)(C)C)C(=O)OC(C)(C)C. The van der Waals surface area contributed by atoms with Gasteiger partial charge < -0.3 is 29.6 Å². The van der Waals surface area contributed by atoms with Gasteiger partial charge in [0.05, 0.1) is 0 Å². The maximum Gasteiger partial charge on any atom is 0.329 e. The Labute approximate surface area is 243 Å². The van der Waals surface area contributed by atoms with Crippen LogP contribution >= 0.6 is 0 Å². The molecule has 2 N–H and O–H groups in total. The van der Waals surface area contributed by atoms with E-state index in [0.717, 1.165) is 0 Å². The molecule has 12 nitrogen and oxygen atoms in total. The molecule has 2 amide bonds. The molecule has 0 fully saturated rings. The van der Waals surface area contributed by atoms with Crippen LogP contribution in [-0.4, -0.2) is 70.2 Å². The summed E-state index contributed by atoms with van der Waals surface area (Å²) in [5.41, 5.74) is -3.18. The van der Waals surface area contributed by atoms with Crippen LogP contribution < -0.4 is 10.6 Å². The lowest BCUT2D eigenvalue weighted by atomic mass is 10.1. The first-order valence-electron chi connectivity index (χ1n) is 13.7. The summed E-state index contributed by atoms with van der Waals surface area (Å²) in [7, 11) is 0. The fourth-order valence-electron chi connectivity index (χ4n) is 3.19. The van der Waals surface area contributed by atoms with Gasteiger partial charge in [0, 0.05) is 12.8 Å². The van der Waals surface area contributed by atoms with Gasteiger partial charge in [0.15, 0.2) is 0 Å². The Balaban J connectivity index is 5.47. The number of carbonyl (C=O) groups excluding carboxylic acids is 6. The normalized spacial score (nSPS) is 13.8. The first kappa shape index (κ1) is 37.8. The minimum Gasteiger partial charge on any atom is -0.460 e. The molecule has 0 aliphatic heterocycles. The van der Waals surface area contributed by atoms with Gasteiger partial charge in [0.25, 0.3) is 0 Å². The molecule has 0 bridgehead atoms. The summed E-state index contributed by atoms with van der Waals surface area (Å²) in [5, 5.41) is 4.87. The minimum absolute atomic E-state index is 0.117. The number of amides is 2. The highest BCUT2D eigenvalue weighted by molar-refractivity contribution is 5.99. The average Bonchev–Trinajstić information content (AvgIpc) is 2.68. The van der Waals surface area contributed by atoms with Crippen LogP contribution in [0, 0.1) is 0 Å². The van der Waals surface area contributed by atoms with Gasteiger partial charge >= 0.3 is 23.9 Å². The van der Waals surface area contributed by atoms with E-state index in [0.29, 0.717) is 0 Å². The Morgan fingerprint density at radius 2 is 0.756 bits per heavy atom. The van der Waals surface area contributed by atoms with Crippen molar-refractivity contribution >= 4 is 35.7 Å².